The number of aromatic hydroxyl groups is 1. The third kappa shape index (κ3) is 4.04. The van der Waals surface area contributed by atoms with E-state index in [1.807, 2.05) is 6.07 Å². The van der Waals surface area contributed by atoms with Crippen LogP contribution in [0.5, 0.6) is 11.5 Å². The van der Waals surface area contributed by atoms with E-state index in [0.29, 0.717) is 12.5 Å². The summed E-state index contributed by atoms with van der Waals surface area (Å²) in [5.74, 6) is 2.38. The highest BCUT2D eigenvalue weighted by Gasteiger charge is 2.24. The molecule has 1 aromatic rings. The van der Waals surface area contributed by atoms with Crippen molar-refractivity contribution in [1.29, 1.82) is 0 Å². The van der Waals surface area contributed by atoms with Gasteiger partial charge in [-0.05, 0) is 24.6 Å². The van der Waals surface area contributed by atoms with Gasteiger partial charge in [-0.25, -0.2) is 0 Å². The van der Waals surface area contributed by atoms with Crippen LogP contribution in [0.25, 0.3) is 0 Å². The summed E-state index contributed by atoms with van der Waals surface area (Å²) in [5.41, 5.74) is 0.785. The largest absolute Gasteiger partial charge is 0.508 e. The highest BCUT2D eigenvalue weighted by Crippen LogP contribution is 2.23. The summed E-state index contributed by atoms with van der Waals surface area (Å²) in [4.78, 5) is 6.55. The molecule has 1 saturated heterocycles. The first kappa shape index (κ1) is 16.4. The van der Waals surface area contributed by atoms with Crippen LogP contribution in [0, 0.1) is 5.92 Å². The summed E-state index contributed by atoms with van der Waals surface area (Å²) >= 11 is 0. The van der Waals surface area contributed by atoms with Gasteiger partial charge < -0.3 is 24.8 Å². The number of benzene rings is 1. The Balaban J connectivity index is 1.95. The molecule has 0 radical (unpaired) electrons. The quantitative estimate of drug-likeness (QED) is 0.636. The fourth-order valence-corrected chi connectivity index (χ4v) is 2.73. The zero-order valence-corrected chi connectivity index (χ0v) is 13.5. The van der Waals surface area contributed by atoms with Crippen LogP contribution in [0.15, 0.2) is 23.2 Å². The Kier molecular flexibility index (Phi) is 5.89. The van der Waals surface area contributed by atoms with E-state index in [4.69, 9.17) is 9.47 Å². The molecule has 1 fully saturated rings. The fourth-order valence-electron chi connectivity index (χ4n) is 2.73. The number of hydrogen-bond donors (Lipinski definition) is 2. The topological polar surface area (TPSA) is 66.3 Å². The first-order chi connectivity index (χ1) is 10.7. The van der Waals surface area contributed by atoms with E-state index < -0.39 is 0 Å². The molecule has 22 heavy (non-hydrogen) atoms. The first-order valence-electron chi connectivity index (χ1n) is 7.48. The van der Waals surface area contributed by atoms with Gasteiger partial charge in [-0.2, -0.15) is 0 Å². The van der Waals surface area contributed by atoms with E-state index in [1.165, 1.54) is 0 Å². The molecule has 1 aromatic carbocycles. The van der Waals surface area contributed by atoms with Gasteiger partial charge in [-0.1, -0.05) is 0 Å². The van der Waals surface area contributed by atoms with Crippen LogP contribution in [-0.2, 0) is 11.3 Å². The Morgan fingerprint density at radius 3 is 2.95 bits per heavy atom. The van der Waals surface area contributed by atoms with E-state index >= 15 is 0 Å². The number of aliphatic imine (C=N–C) groups is 1. The van der Waals surface area contributed by atoms with Crippen LogP contribution < -0.4 is 10.1 Å². The van der Waals surface area contributed by atoms with Gasteiger partial charge in [0.15, 0.2) is 5.96 Å². The number of hydrogen-bond acceptors (Lipinski definition) is 4. The van der Waals surface area contributed by atoms with Crippen LogP contribution in [0.2, 0.25) is 0 Å². The molecule has 122 valence electrons. The van der Waals surface area contributed by atoms with Gasteiger partial charge in [0.1, 0.15) is 11.5 Å². The summed E-state index contributed by atoms with van der Waals surface area (Å²) in [6.07, 6.45) is 1.11. The van der Waals surface area contributed by atoms with Crippen molar-refractivity contribution in [3.8, 4) is 11.5 Å². The summed E-state index contributed by atoms with van der Waals surface area (Å²) in [6.45, 7) is 3.20. The molecule has 0 aliphatic carbocycles. The number of rotatable bonds is 5. The van der Waals surface area contributed by atoms with Crippen molar-refractivity contribution < 1.29 is 14.6 Å². The molecule has 0 bridgehead atoms. The molecule has 0 saturated carbocycles. The van der Waals surface area contributed by atoms with Crippen molar-refractivity contribution in [1.82, 2.24) is 10.2 Å². The normalized spacial score (nSPS) is 18.6. The second-order valence-electron chi connectivity index (χ2n) is 5.45. The van der Waals surface area contributed by atoms with Gasteiger partial charge in [-0.15, -0.1) is 0 Å². The molecule has 2 N–H and O–H groups in total. The molecular formula is C16H25N3O3. The molecule has 0 amide bonds. The Hall–Kier alpha value is -1.95. The second kappa shape index (κ2) is 7.89. The number of guanidine groups is 1. The van der Waals surface area contributed by atoms with Crippen molar-refractivity contribution in [2.75, 3.05) is 41.0 Å². The van der Waals surface area contributed by atoms with Crippen LogP contribution in [0.1, 0.15) is 12.0 Å². The SMILES string of the molecule is CN=C(NCc1cc(OC)ccc1O)N1CCC(COC)C1. The van der Waals surface area contributed by atoms with E-state index in [9.17, 15) is 5.11 Å². The summed E-state index contributed by atoms with van der Waals surface area (Å²) in [6, 6.07) is 5.21. The van der Waals surface area contributed by atoms with Crippen LogP contribution >= 0.6 is 0 Å². The first-order valence-corrected chi connectivity index (χ1v) is 7.48. The minimum Gasteiger partial charge on any atom is -0.508 e. The van der Waals surface area contributed by atoms with Crippen LogP contribution in [-0.4, -0.2) is 56.9 Å². The smallest absolute Gasteiger partial charge is 0.193 e. The average Bonchev–Trinajstić information content (AvgIpc) is 2.98. The van der Waals surface area contributed by atoms with Gasteiger partial charge in [0.25, 0.3) is 0 Å². The van der Waals surface area contributed by atoms with Crippen LogP contribution in [0.3, 0.4) is 0 Å². The molecule has 2 rings (SSSR count). The maximum Gasteiger partial charge on any atom is 0.193 e. The highest BCUT2D eigenvalue weighted by molar-refractivity contribution is 5.80. The van der Waals surface area contributed by atoms with Crippen molar-refractivity contribution in [2.24, 2.45) is 10.9 Å². The molecule has 6 heteroatoms. The van der Waals surface area contributed by atoms with E-state index in [-0.39, 0.29) is 5.75 Å². The number of phenolic OH excluding ortho intramolecular Hbond substituents is 1. The molecule has 0 spiro atoms. The number of phenols is 1. The lowest BCUT2D eigenvalue weighted by atomic mass is 10.1. The standard InChI is InChI=1S/C16H25N3O3/c1-17-16(19-7-6-12(10-19)11-21-2)18-9-13-8-14(22-3)4-5-15(13)20/h4-5,8,12,20H,6-7,9-11H2,1-3H3,(H,17,18). The number of ether oxygens (including phenoxy) is 2. The molecule has 1 aliphatic heterocycles. The monoisotopic (exact) mass is 307 g/mol. The van der Waals surface area contributed by atoms with E-state index in [1.54, 1.807) is 33.4 Å². The lowest BCUT2D eigenvalue weighted by molar-refractivity contribution is 0.157. The predicted octanol–water partition coefficient (Wildman–Crippen LogP) is 1.44. The van der Waals surface area contributed by atoms with E-state index in [2.05, 4.69) is 15.2 Å². The van der Waals surface area contributed by atoms with Crippen molar-refractivity contribution >= 4 is 5.96 Å². The maximum absolute atomic E-state index is 9.93. The summed E-state index contributed by atoms with van der Waals surface area (Å²) in [5, 5.41) is 13.2. The van der Waals surface area contributed by atoms with Gasteiger partial charge in [0, 0.05) is 45.3 Å². The second-order valence-corrected chi connectivity index (χ2v) is 5.45. The maximum atomic E-state index is 9.93. The zero-order chi connectivity index (χ0) is 15.9. The molecular weight excluding hydrogens is 282 g/mol. The summed E-state index contributed by atoms with van der Waals surface area (Å²) in [7, 11) is 5.13. The minimum atomic E-state index is 0.252. The average molecular weight is 307 g/mol. The van der Waals surface area contributed by atoms with Crippen molar-refractivity contribution in [3.63, 3.8) is 0 Å². The van der Waals surface area contributed by atoms with Gasteiger partial charge in [-0.3, -0.25) is 4.99 Å². The number of likely N-dealkylation sites (tertiary alicyclic amines) is 1. The highest BCUT2D eigenvalue weighted by atomic mass is 16.5. The Morgan fingerprint density at radius 1 is 1.45 bits per heavy atom. The molecule has 0 aromatic heterocycles. The molecule has 1 unspecified atom stereocenters. The Morgan fingerprint density at radius 2 is 2.27 bits per heavy atom. The molecule has 1 aliphatic rings. The zero-order valence-electron chi connectivity index (χ0n) is 13.5. The van der Waals surface area contributed by atoms with Crippen molar-refractivity contribution in [2.45, 2.75) is 13.0 Å². The third-order valence-corrected chi connectivity index (χ3v) is 3.92. The molecule has 6 nitrogen and oxygen atoms in total. The Bertz CT molecular complexity index is 519. The lowest BCUT2D eigenvalue weighted by Crippen LogP contribution is -2.39. The van der Waals surface area contributed by atoms with Gasteiger partial charge in [0.05, 0.1) is 13.7 Å². The van der Waals surface area contributed by atoms with Crippen molar-refractivity contribution in [3.05, 3.63) is 23.8 Å². The lowest BCUT2D eigenvalue weighted by Gasteiger charge is -2.22. The predicted molar refractivity (Wildman–Crippen MR) is 86.4 cm³/mol. The van der Waals surface area contributed by atoms with E-state index in [0.717, 1.165) is 43.4 Å². The fraction of sp³-hybridized carbons (Fsp3) is 0.562. The van der Waals surface area contributed by atoms with Gasteiger partial charge >= 0.3 is 0 Å². The summed E-state index contributed by atoms with van der Waals surface area (Å²) < 4.78 is 10.4. The third-order valence-electron chi connectivity index (χ3n) is 3.92. The molecule has 1 heterocycles. The minimum absolute atomic E-state index is 0.252. The Labute approximate surface area is 131 Å². The van der Waals surface area contributed by atoms with Crippen LogP contribution in [0.4, 0.5) is 0 Å². The number of methoxy groups -OCH3 is 2. The molecule has 1 atom stereocenters. The number of nitrogens with zero attached hydrogens (tertiary/aromatic N) is 2. The van der Waals surface area contributed by atoms with Gasteiger partial charge in [0.2, 0.25) is 0 Å². The number of nitrogens with one attached hydrogen (secondary N) is 1.